The van der Waals surface area contributed by atoms with Crippen molar-refractivity contribution < 1.29 is 19.2 Å². The molecule has 1 aromatic heterocycles. The van der Waals surface area contributed by atoms with Crippen LogP contribution in [0.3, 0.4) is 0 Å². The molecule has 2 aliphatic carbocycles. The van der Waals surface area contributed by atoms with Gasteiger partial charge in [0.25, 0.3) is 0 Å². The van der Waals surface area contributed by atoms with Gasteiger partial charge in [-0.15, -0.1) is 11.3 Å². The summed E-state index contributed by atoms with van der Waals surface area (Å²) >= 11 is 0.963. The van der Waals surface area contributed by atoms with E-state index >= 15 is 0 Å². The molecule has 0 radical (unpaired) electrons. The minimum atomic E-state index is -3.80. The highest BCUT2D eigenvalue weighted by molar-refractivity contribution is 8.01. The number of aliphatic hydroxyl groups excluding tert-OH is 1. The summed E-state index contributed by atoms with van der Waals surface area (Å²) in [5.74, 6) is -0.391. The maximum absolute atomic E-state index is 13.2. The molecule has 9 heteroatoms. The van der Waals surface area contributed by atoms with Gasteiger partial charge in [-0.2, -0.15) is 0 Å². The van der Waals surface area contributed by atoms with E-state index in [0.29, 0.717) is 5.01 Å². The van der Waals surface area contributed by atoms with Crippen molar-refractivity contribution in [1.29, 1.82) is 0 Å². The first-order valence-corrected chi connectivity index (χ1v) is 12.9. The van der Waals surface area contributed by atoms with Crippen molar-refractivity contribution >= 4 is 27.5 Å². The van der Waals surface area contributed by atoms with E-state index in [0.717, 1.165) is 55.4 Å². The number of carbonyl (C=O) groups is 1. The van der Waals surface area contributed by atoms with Crippen molar-refractivity contribution in [1.82, 2.24) is 9.71 Å². The highest BCUT2D eigenvalue weighted by atomic mass is 32.3. The van der Waals surface area contributed by atoms with Crippen LogP contribution in [0.5, 0.6) is 0 Å². The predicted octanol–water partition coefficient (Wildman–Crippen LogP) is 1.36. The summed E-state index contributed by atoms with van der Waals surface area (Å²) in [4.78, 5) is 17.1. The van der Waals surface area contributed by atoms with Crippen LogP contribution < -0.4 is 9.86 Å². The maximum atomic E-state index is 13.2. The molecule has 0 bridgehead atoms. The molecule has 2 aromatic rings. The molecule has 0 aliphatic heterocycles. The van der Waals surface area contributed by atoms with Crippen LogP contribution in [0, 0.1) is 0 Å². The van der Waals surface area contributed by atoms with E-state index in [1.807, 2.05) is 0 Å². The van der Waals surface area contributed by atoms with Gasteiger partial charge in [-0.05, 0) is 80.2 Å². The smallest absolute Gasteiger partial charge is 0.235 e. The van der Waals surface area contributed by atoms with Crippen molar-refractivity contribution in [2.24, 2.45) is 5.14 Å². The van der Waals surface area contributed by atoms with Crippen molar-refractivity contribution in [3.05, 3.63) is 44.6 Å². The molecule has 1 heterocycles. The van der Waals surface area contributed by atoms with Crippen molar-refractivity contribution in [3.63, 3.8) is 0 Å². The number of hydrogen-bond donors (Lipinski definition) is 5. The van der Waals surface area contributed by atoms with Crippen molar-refractivity contribution in [2.75, 3.05) is 0 Å². The fourth-order valence-electron chi connectivity index (χ4n) is 4.55. The van der Waals surface area contributed by atoms with Gasteiger partial charge < -0.3 is 10.2 Å². The number of carbonyl (C=O) groups excluding carboxylic acids is 1. The van der Waals surface area contributed by atoms with Crippen LogP contribution in [0.1, 0.15) is 65.2 Å². The molecular formula is C21H29N3O4S2. The van der Waals surface area contributed by atoms with Crippen LogP contribution in [0.2, 0.25) is 0 Å². The Morgan fingerprint density at radius 2 is 1.83 bits per heavy atom. The van der Waals surface area contributed by atoms with Crippen molar-refractivity contribution in [3.8, 4) is 0 Å². The Morgan fingerprint density at radius 3 is 2.37 bits per heavy atom. The SMILES string of the molecule is CC(C)(O)c1nc(CO)c([SH](N)(=O)NC(=O)Cc2c3c(cc4c2CCC4)CCC3)s1. The monoisotopic (exact) mass is 451 g/mol. The number of thiol groups is 1. The molecule has 0 unspecified atom stereocenters. The summed E-state index contributed by atoms with van der Waals surface area (Å²) in [7, 11) is -3.80. The summed E-state index contributed by atoms with van der Waals surface area (Å²) in [5.41, 5.74) is 5.18. The van der Waals surface area contributed by atoms with Gasteiger partial charge in [-0.3, -0.25) is 14.7 Å². The lowest BCUT2D eigenvalue weighted by Gasteiger charge is -2.21. The molecule has 1 aromatic carbocycles. The number of aryl methyl sites for hydroxylation is 2. The quantitative estimate of drug-likeness (QED) is 0.424. The van der Waals surface area contributed by atoms with Gasteiger partial charge in [0, 0.05) is 10.3 Å². The summed E-state index contributed by atoms with van der Waals surface area (Å²) in [6.45, 7) is 2.62. The summed E-state index contributed by atoms with van der Waals surface area (Å²) < 4.78 is 15.9. The third-order valence-corrected chi connectivity index (χ3v) is 9.62. The third-order valence-electron chi connectivity index (χ3n) is 5.88. The lowest BCUT2D eigenvalue weighted by atomic mass is 9.92. The normalized spacial score (nSPS) is 16.4. The van der Waals surface area contributed by atoms with Crippen LogP contribution in [0.25, 0.3) is 0 Å². The Balaban J connectivity index is 1.60. The zero-order valence-electron chi connectivity index (χ0n) is 17.3. The second kappa shape index (κ2) is 7.80. The number of fused-ring (bicyclic) bond motifs is 2. The molecule has 2 aliphatic rings. The zero-order chi connectivity index (χ0) is 21.7. The molecular weight excluding hydrogens is 422 g/mol. The van der Waals surface area contributed by atoms with E-state index in [2.05, 4.69) is 15.8 Å². The first kappa shape index (κ1) is 21.6. The van der Waals surface area contributed by atoms with Gasteiger partial charge in [0.05, 0.1) is 18.7 Å². The first-order chi connectivity index (χ1) is 14.1. The van der Waals surface area contributed by atoms with Crippen LogP contribution in [0.15, 0.2) is 10.3 Å². The third kappa shape index (κ3) is 3.97. The molecule has 0 fully saturated rings. The van der Waals surface area contributed by atoms with E-state index in [9.17, 15) is 19.2 Å². The summed E-state index contributed by atoms with van der Waals surface area (Å²) in [5, 5.41) is 26.2. The van der Waals surface area contributed by atoms with E-state index < -0.39 is 28.4 Å². The van der Waals surface area contributed by atoms with Crippen LogP contribution in [-0.2, 0) is 59.4 Å². The molecule has 0 atom stereocenters. The largest absolute Gasteiger partial charge is 0.390 e. The Hall–Kier alpha value is -1.65. The van der Waals surface area contributed by atoms with Gasteiger partial charge in [-0.25, -0.2) is 9.19 Å². The van der Waals surface area contributed by atoms with Gasteiger partial charge in [-0.1, -0.05) is 6.07 Å². The van der Waals surface area contributed by atoms with Crippen LogP contribution in [0.4, 0.5) is 0 Å². The number of hydrogen-bond acceptors (Lipinski definition) is 6. The molecule has 5 N–H and O–H groups in total. The fourth-order valence-corrected chi connectivity index (χ4v) is 7.36. The van der Waals surface area contributed by atoms with Gasteiger partial charge in [0.15, 0.2) is 0 Å². The standard InChI is InChI=1S/C21H29N3O4S2/c1-21(2,27)20-23-17(11-25)19(29-20)30(22,28)24-18(26)10-16-14-7-3-5-12(14)9-13-6-4-8-15(13)16/h9,25,27,30H,3-8,10-11H2,1-2H3,(H3,22,24,26,28). The lowest BCUT2D eigenvalue weighted by Crippen LogP contribution is -2.43. The number of nitrogens with two attached hydrogens (primary N) is 1. The predicted molar refractivity (Wildman–Crippen MR) is 118 cm³/mol. The van der Waals surface area contributed by atoms with Crippen LogP contribution in [-0.4, -0.2) is 25.3 Å². The summed E-state index contributed by atoms with van der Waals surface area (Å²) in [6.07, 6.45) is 6.40. The average Bonchev–Trinajstić information content (AvgIpc) is 3.38. The van der Waals surface area contributed by atoms with E-state index in [1.54, 1.807) is 13.8 Å². The number of rotatable bonds is 6. The average molecular weight is 452 g/mol. The molecule has 7 nitrogen and oxygen atoms in total. The molecule has 30 heavy (non-hydrogen) atoms. The number of thiazole rings is 1. The Bertz CT molecular complexity index is 1020. The number of nitrogens with one attached hydrogen (secondary N) is 1. The number of benzene rings is 1. The zero-order valence-corrected chi connectivity index (χ0v) is 19.0. The number of amides is 1. The maximum Gasteiger partial charge on any atom is 0.235 e. The molecule has 0 saturated heterocycles. The number of nitrogens with zero attached hydrogens (tertiary/aromatic N) is 1. The van der Waals surface area contributed by atoms with E-state index in [1.165, 1.54) is 22.3 Å². The second-order valence-corrected chi connectivity index (χ2v) is 12.0. The van der Waals surface area contributed by atoms with Gasteiger partial charge in [0.2, 0.25) is 5.91 Å². The Labute approximate surface area is 181 Å². The fraction of sp³-hybridized carbons (Fsp3) is 0.524. The molecule has 0 saturated carbocycles. The molecule has 1 amide bonds. The summed E-state index contributed by atoms with van der Waals surface area (Å²) in [6, 6.07) is 2.31. The Kier molecular flexibility index (Phi) is 5.61. The van der Waals surface area contributed by atoms with E-state index in [4.69, 9.17) is 5.14 Å². The minimum Gasteiger partial charge on any atom is -0.390 e. The first-order valence-electron chi connectivity index (χ1n) is 10.3. The van der Waals surface area contributed by atoms with E-state index in [-0.39, 0.29) is 16.3 Å². The van der Waals surface area contributed by atoms with Gasteiger partial charge >= 0.3 is 0 Å². The lowest BCUT2D eigenvalue weighted by molar-refractivity contribution is -0.118. The number of aromatic nitrogens is 1. The number of aliphatic hydroxyl groups is 2. The highest BCUT2D eigenvalue weighted by Crippen LogP contribution is 2.36. The second-order valence-electron chi connectivity index (χ2n) is 8.70. The van der Waals surface area contributed by atoms with Crippen LogP contribution >= 0.6 is 11.3 Å². The molecule has 4 rings (SSSR count). The topological polar surface area (TPSA) is 126 Å². The van der Waals surface area contributed by atoms with Gasteiger partial charge in [0.1, 0.15) is 14.8 Å². The minimum absolute atomic E-state index is 0.124. The molecule has 0 spiro atoms. The van der Waals surface area contributed by atoms with Crippen molar-refractivity contribution in [2.45, 2.75) is 75.2 Å². The molecule has 164 valence electrons. The Morgan fingerprint density at radius 1 is 1.23 bits per heavy atom. The highest BCUT2D eigenvalue weighted by Gasteiger charge is 2.30.